The van der Waals surface area contributed by atoms with Crippen LogP contribution in [0.1, 0.15) is 25.0 Å². The van der Waals surface area contributed by atoms with Crippen LogP contribution in [0.3, 0.4) is 0 Å². The van der Waals surface area contributed by atoms with Gasteiger partial charge in [-0.15, -0.1) is 0 Å². The van der Waals surface area contributed by atoms with Gasteiger partial charge in [0, 0.05) is 61.7 Å². The van der Waals surface area contributed by atoms with Crippen molar-refractivity contribution in [3.8, 4) is 5.75 Å². The third-order valence-electron chi connectivity index (χ3n) is 5.05. The van der Waals surface area contributed by atoms with Crippen LogP contribution in [0.4, 0.5) is 0 Å². The molecule has 150 valence electrons. The summed E-state index contributed by atoms with van der Waals surface area (Å²) in [5.74, 6) is 0.209. The van der Waals surface area contributed by atoms with Gasteiger partial charge in [-0.3, -0.25) is 14.3 Å². The molecule has 28 heavy (non-hydrogen) atoms. The Hall–Kier alpha value is -2.54. The van der Waals surface area contributed by atoms with E-state index in [2.05, 4.69) is 5.10 Å². The molecule has 2 amide bonds. The van der Waals surface area contributed by atoms with Crippen LogP contribution in [-0.2, 0) is 16.1 Å². The number of ether oxygens (including phenoxy) is 1. The predicted octanol–water partition coefficient (Wildman–Crippen LogP) is 2.41. The van der Waals surface area contributed by atoms with Crippen molar-refractivity contribution in [2.45, 2.75) is 38.8 Å². The number of rotatable bonds is 7. The molecule has 0 spiro atoms. The summed E-state index contributed by atoms with van der Waals surface area (Å²) in [5.41, 5.74) is 6.46. The number of hydrogen-bond acceptors (Lipinski definition) is 4. The van der Waals surface area contributed by atoms with Crippen molar-refractivity contribution in [3.63, 3.8) is 0 Å². The SMILES string of the molecule is Cc1ccnn1CCC(=O)N1CC[C@H](Oc2ccc(Cl)cc2)[C@@H](CC(N)=O)C1. The highest BCUT2D eigenvalue weighted by molar-refractivity contribution is 6.30. The fourth-order valence-electron chi connectivity index (χ4n) is 3.53. The second-order valence-corrected chi connectivity index (χ2v) is 7.55. The molecule has 1 aromatic carbocycles. The molecule has 8 heteroatoms. The molecule has 2 heterocycles. The first kappa shape index (κ1) is 20.2. The van der Waals surface area contributed by atoms with Crippen LogP contribution in [0.25, 0.3) is 0 Å². The number of hydrogen-bond donors (Lipinski definition) is 1. The number of primary amides is 1. The molecule has 7 nitrogen and oxygen atoms in total. The number of nitrogens with two attached hydrogens (primary N) is 1. The van der Waals surface area contributed by atoms with Gasteiger partial charge < -0.3 is 15.4 Å². The molecule has 0 radical (unpaired) electrons. The van der Waals surface area contributed by atoms with E-state index in [1.54, 1.807) is 35.4 Å². The topological polar surface area (TPSA) is 90.4 Å². The molecule has 1 saturated heterocycles. The molecule has 1 aromatic heterocycles. The molecule has 1 aliphatic heterocycles. The minimum atomic E-state index is -0.392. The van der Waals surface area contributed by atoms with Crippen LogP contribution in [0.5, 0.6) is 5.75 Å². The average molecular weight is 405 g/mol. The third-order valence-corrected chi connectivity index (χ3v) is 5.30. The molecule has 1 aliphatic rings. The lowest BCUT2D eigenvalue weighted by Crippen LogP contribution is -2.49. The van der Waals surface area contributed by atoms with E-state index in [-0.39, 0.29) is 24.3 Å². The number of benzene rings is 1. The largest absolute Gasteiger partial charge is 0.490 e. The molecule has 2 N–H and O–H groups in total. The number of carbonyl (C=O) groups excluding carboxylic acids is 2. The zero-order chi connectivity index (χ0) is 20.1. The number of carbonyl (C=O) groups is 2. The van der Waals surface area contributed by atoms with Gasteiger partial charge in [0.05, 0.1) is 0 Å². The van der Waals surface area contributed by atoms with Gasteiger partial charge in [0.15, 0.2) is 0 Å². The molecule has 3 rings (SSSR count). The van der Waals surface area contributed by atoms with E-state index in [4.69, 9.17) is 22.1 Å². The Morgan fingerprint density at radius 1 is 1.29 bits per heavy atom. The zero-order valence-electron chi connectivity index (χ0n) is 15.9. The summed E-state index contributed by atoms with van der Waals surface area (Å²) in [6.45, 7) is 3.54. The quantitative estimate of drug-likeness (QED) is 0.767. The van der Waals surface area contributed by atoms with E-state index in [1.165, 1.54) is 0 Å². The van der Waals surface area contributed by atoms with Crippen molar-refractivity contribution in [1.29, 1.82) is 0 Å². The third kappa shape index (κ3) is 5.25. The second kappa shape index (κ2) is 9.10. The van der Waals surface area contributed by atoms with Gasteiger partial charge in [0.2, 0.25) is 11.8 Å². The summed E-state index contributed by atoms with van der Waals surface area (Å²) < 4.78 is 7.88. The first-order chi connectivity index (χ1) is 13.4. The number of amides is 2. The van der Waals surface area contributed by atoms with Crippen LogP contribution in [0.2, 0.25) is 5.02 Å². The summed E-state index contributed by atoms with van der Waals surface area (Å²) in [5, 5.41) is 4.84. The van der Waals surface area contributed by atoms with Crippen molar-refractivity contribution in [1.82, 2.24) is 14.7 Å². The number of nitrogens with zero attached hydrogens (tertiary/aromatic N) is 3. The summed E-state index contributed by atoms with van der Waals surface area (Å²) in [4.78, 5) is 26.0. The van der Waals surface area contributed by atoms with Gasteiger partial charge in [-0.2, -0.15) is 5.10 Å². The van der Waals surface area contributed by atoms with E-state index in [0.717, 1.165) is 5.69 Å². The number of halogens is 1. The van der Waals surface area contributed by atoms with Crippen molar-refractivity contribution >= 4 is 23.4 Å². The maximum Gasteiger partial charge on any atom is 0.224 e. The maximum absolute atomic E-state index is 12.7. The summed E-state index contributed by atoms with van der Waals surface area (Å²) in [6, 6.07) is 9.03. The number of aromatic nitrogens is 2. The zero-order valence-corrected chi connectivity index (χ0v) is 16.6. The van der Waals surface area contributed by atoms with E-state index in [9.17, 15) is 9.59 Å². The Morgan fingerprint density at radius 3 is 2.68 bits per heavy atom. The Labute approximate surface area is 169 Å². The molecule has 0 bridgehead atoms. The van der Waals surface area contributed by atoms with Crippen molar-refractivity contribution in [2.75, 3.05) is 13.1 Å². The predicted molar refractivity (Wildman–Crippen MR) is 106 cm³/mol. The highest BCUT2D eigenvalue weighted by Gasteiger charge is 2.33. The van der Waals surface area contributed by atoms with Crippen LogP contribution in [0.15, 0.2) is 36.5 Å². The van der Waals surface area contributed by atoms with Gasteiger partial charge in [-0.1, -0.05) is 11.6 Å². The second-order valence-electron chi connectivity index (χ2n) is 7.11. The molecular formula is C20H25ClN4O3. The lowest BCUT2D eigenvalue weighted by molar-refractivity contribution is -0.136. The van der Waals surface area contributed by atoms with Crippen LogP contribution in [0, 0.1) is 12.8 Å². The number of likely N-dealkylation sites (tertiary alicyclic amines) is 1. The first-order valence-electron chi connectivity index (χ1n) is 9.39. The van der Waals surface area contributed by atoms with Crippen molar-refractivity contribution in [2.24, 2.45) is 11.7 Å². The molecule has 0 aliphatic carbocycles. The Morgan fingerprint density at radius 2 is 2.04 bits per heavy atom. The van der Waals surface area contributed by atoms with Crippen LogP contribution < -0.4 is 10.5 Å². The summed E-state index contributed by atoms with van der Waals surface area (Å²) in [6.07, 6.45) is 2.75. The maximum atomic E-state index is 12.7. The highest BCUT2D eigenvalue weighted by Crippen LogP contribution is 2.27. The van der Waals surface area contributed by atoms with E-state index < -0.39 is 5.91 Å². The smallest absolute Gasteiger partial charge is 0.224 e. The van der Waals surface area contributed by atoms with E-state index in [0.29, 0.717) is 43.2 Å². The van der Waals surface area contributed by atoms with Crippen LogP contribution >= 0.6 is 11.6 Å². The van der Waals surface area contributed by atoms with Gasteiger partial charge in [0.25, 0.3) is 0 Å². The molecule has 0 saturated carbocycles. The monoisotopic (exact) mass is 404 g/mol. The lowest BCUT2D eigenvalue weighted by Gasteiger charge is -2.38. The normalized spacial score (nSPS) is 19.4. The number of piperidine rings is 1. The molecule has 0 unspecified atom stereocenters. The van der Waals surface area contributed by atoms with E-state index >= 15 is 0 Å². The highest BCUT2D eigenvalue weighted by atomic mass is 35.5. The van der Waals surface area contributed by atoms with Crippen LogP contribution in [-0.4, -0.2) is 45.7 Å². The minimum Gasteiger partial charge on any atom is -0.490 e. The fourth-order valence-corrected chi connectivity index (χ4v) is 3.65. The number of aryl methyl sites for hydroxylation is 2. The molecular weight excluding hydrogens is 380 g/mol. The fraction of sp³-hybridized carbons (Fsp3) is 0.450. The minimum absolute atomic E-state index is 0.0503. The van der Waals surface area contributed by atoms with Crippen molar-refractivity contribution < 1.29 is 14.3 Å². The first-order valence-corrected chi connectivity index (χ1v) is 9.77. The summed E-state index contributed by atoms with van der Waals surface area (Å²) in [7, 11) is 0. The molecule has 2 atom stereocenters. The Balaban J connectivity index is 1.60. The summed E-state index contributed by atoms with van der Waals surface area (Å²) >= 11 is 5.92. The molecule has 2 aromatic rings. The Bertz CT molecular complexity index is 821. The average Bonchev–Trinajstić information content (AvgIpc) is 3.07. The van der Waals surface area contributed by atoms with Gasteiger partial charge in [0.1, 0.15) is 11.9 Å². The van der Waals surface area contributed by atoms with E-state index in [1.807, 2.05) is 17.7 Å². The van der Waals surface area contributed by atoms with Gasteiger partial charge >= 0.3 is 0 Å². The van der Waals surface area contributed by atoms with Gasteiger partial charge in [-0.25, -0.2) is 0 Å². The Kier molecular flexibility index (Phi) is 6.57. The standard InChI is InChI=1S/C20H25ClN4O3/c1-14-6-9-23-25(14)11-8-20(27)24-10-7-18(15(13-24)12-19(22)26)28-17-4-2-16(21)3-5-17/h2-6,9,15,18H,7-8,10-13H2,1H3,(H2,22,26)/t15-,18-/m0/s1. The molecule has 1 fully saturated rings. The lowest BCUT2D eigenvalue weighted by atomic mass is 9.91. The van der Waals surface area contributed by atoms with Gasteiger partial charge in [-0.05, 0) is 37.3 Å². The van der Waals surface area contributed by atoms with Crippen molar-refractivity contribution in [3.05, 3.63) is 47.2 Å².